The summed E-state index contributed by atoms with van der Waals surface area (Å²) in [6.45, 7) is 0. The maximum Gasteiger partial charge on any atom is 0.339 e. The van der Waals surface area contributed by atoms with Crippen molar-refractivity contribution in [1.82, 2.24) is 0 Å². The molecule has 1 N–H and O–H groups in total. The summed E-state index contributed by atoms with van der Waals surface area (Å²) in [5.74, 6) is -3.46. The lowest BCUT2D eigenvalue weighted by atomic mass is 10.2. The van der Waals surface area contributed by atoms with Crippen LogP contribution in [0.25, 0.3) is 0 Å². The SMILES string of the molecule is COc1c(C(=O)O)cc(F)c(S(C)(=O)=O)c1OC. The molecular weight excluding hydrogens is 267 g/mol. The van der Waals surface area contributed by atoms with Gasteiger partial charge in [-0.15, -0.1) is 0 Å². The Balaban J connectivity index is 3.83. The van der Waals surface area contributed by atoms with Crippen LogP contribution >= 0.6 is 0 Å². The Labute approximate surface area is 103 Å². The van der Waals surface area contributed by atoms with Crippen LogP contribution in [0.1, 0.15) is 10.4 Å². The van der Waals surface area contributed by atoms with E-state index >= 15 is 0 Å². The molecule has 0 saturated heterocycles. The zero-order valence-corrected chi connectivity index (χ0v) is 10.7. The third-order valence-electron chi connectivity index (χ3n) is 2.15. The molecule has 0 aliphatic carbocycles. The van der Waals surface area contributed by atoms with Gasteiger partial charge >= 0.3 is 5.97 Å². The van der Waals surface area contributed by atoms with Crippen molar-refractivity contribution in [3.8, 4) is 11.5 Å². The van der Waals surface area contributed by atoms with E-state index in [1.165, 1.54) is 0 Å². The van der Waals surface area contributed by atoms with Crippen molar-refractivity contribution >= 4 is 15.8 Å². The van der Waals surface area contributed by atoms with E-state index in [4.69, 9.17) is 14.6 Å². The number of benzene rings is 1. The minimum atomic E-state index is -3.92. The summed E-state index contributed by atoms with van der Waals surface area (Å²) in [4.78, 5) is 10.2. The number of carboxylic acid groups (broad SMARTS) is 1. The number of sulfone groups is 1. The van der Waals surface area contributed by atoms with Crippen molar-refractivity contribution in [2.75, 3.05) is 20.5 Å². The number of methoxy groups -OCH3 is 2. The second-order valence-electron chi connectivity index (χ2n) is 3.38. The minimum Gasteiger partial charge on any atom is -0.492 e. The smallest absolute Gasteiger partial charge is 0.339 e. The molecule has 8 heteroatoms. The van der Waals surface area contributed by atoms with Gasteiger partial charge in [0.1, 0.15) is 16.3 Å². The highest BCUT2D eigenvalue weighted by Crippen LogP contribution is 2.39. The highest BCUT2D eigenvalue weighted by molar-refractivity contribution is 7.90. The summed E-state index contributed by atoms with van der Waals surface area (Å²) in [5, 5.41) is 8.88. The van der Waals surface area contributed by atoms with Gasteiger partial charge in [-0.05, 0) is 6.07 Å². The highest BCUT2D eigenvalue weighted by atomic mass is 32.2. The topological polar surface area (TPSA) is 89.9 Å². The van der Waals surface area contributed by atoms with Gasteiger partial charge in [0.15, 0.2) is 21.3 Å². The number of aromatic carboxylic acids is 1. The summed E-state index contributed by atoms with van der Waals surface area (Å²) < 4.78 is 46.2. The fourth-order valence-electron chi connectivity index (χ4n) is 1.48. The first kappa shape index (κ1) is 14.2. The molecule has 0 spiro atoms. The number of rotatable bonds is 4. The zero-order chi connectivity index (χ0) is 14.1. The first-order valence-corrected chi connectivity index (χ1v) is 6.51. The molecule has 0 amide bonds. The van der Waals surface area contributed by atoms with Crippen LogP contribution in [0.5, 0.6) is 11.5 Å². The van der Waals surface area contributed by atoms with Crippen LogP contribution < -0.4 is 9.47 Å². The molecule has 0 heterocycles. The Kier molecular flexibility index (Phi) is 3.80. The molecule has 0 aromatic heterocycles. The first-order valence-electron chi connectivity index (χ1n) is 4.61. The monoisotopic (exact) mass is 278 g/mol. The van der Waals surface area contributed by atoms with E-state index in [1.54, 1.807) is 0 Å². The molecule has 100 valence electrons. The predicted octanol–water partition coefficient (Wildman–Crippen LogP) is 0.945. The van der Waals surface area contributed by atoms with Crippen LogP contribution in [0.2, 0.25) is 0 Å². The Morgan fingerprint density at radius 1 is 1.28 bits per heavy atom. The highest BCUT2D eigenvalue weighted by Gasteiger charge is 2.28. The Hall–Kier alpha value is -1.83. The third kappa shape index (κ3) is 2.37. The first-order chi connectivity index (χ1) is 8.23. The van der Waals surface area contributed by atoms with Gasteiger partial charge in [0.05, 0.1) is 14.2 Å². The molecule has 0 saturated carbocycles. The number of carbonyl (C=O) groups is 1. The Bertz CT molecular complexity index is 593. The van der Waals surface area contributed by atoms with Gasteiger partial charge in [0.2, 0.25) is 0 Å². The molecular formula is C10H11FO6S. The molecule has 1 rings (SSSR count). The van der Waals surface area contributed by atoms with Crippen LogP contribution in [0, 0.1) is 5.82 Å². The quantitative estimate of drug-likeness (QED) is 0.881. The van der Waals surface area contributed by atoms with E-state index in [2.05, 4.69) is 0 Å². The zero-order valence-electron chi connectivity index (χ0n) is 9.85. The molecule has 0 aliphatic rings. The average molecular weight is 278 g/mol. The van der Waals surface area contributed by atoms with Crippen molar-refractivity contribution in [2.45, 2.75) is 4.90 Å². The maximum atomic E-state index is 13.7. The second kappa shape index (κ2) is 4.81. The van der Waals surface area contributed by atoms with Crippen molar-refractivity contribution in [2.24, 2.45) is 0 Å². The molecule has 0 aliphatic heterocycles. The Morgan fingerprint density at radius 3 is 2.11 bits per heavy atom. The van der Waals surface area contributed by atoms with Crippen LogP contribution in [-0.2, 0) is 9.84 Å². The van der Waals surface area contributed by atoms with Gasteiger partial charge < -0.3 is 14.6 Å². The van der Waals surface area contributed by atoms with Crippen LogP contribution in [0.4, 0.5) is 4.39 Å². The van der Waals surface area contributed by atoms with Crippen molar-refractivity contribution in [3.05, 3.63) is 17.4 Å². The summed E-state index contributed by atoms with van der Waals surface area (Å²) >= 11 is 0. The summed E-state index contributed by atoms with van der Waals surface area (Å²) in [5.41, 5.74) is -0.515. The van der Waals surface area contributed by atoms with E-state index in [0.29, 0.717) is 6.07 Å². The summed E-state index contributed by atoms with van der Waals surface area (Å²) in [6, 6.07) is 0.583. The van der Waals surface area contributed by atoms with E-state index in [9.17, 15) is 17.6 Å². The molecule has 0 fully saturated rings. The van der Waals surface area contributed by atoms with Crippen LogP contribution in [0.3, 0.4) is 0 Å². The third-order valence-corrected chi connectivity index (χ3v) is 3.28. The Morgan fingerprint density at radius 2 is 1.78 bits per heavy atom. The molecule has 0 radical (unpaired) electrons. The predicted molar refractivity (Wildman–Crippen MR) is 59.6 cm³/mol. The van der Waals surface area contributed by atoms with E-state index in [-0.39, 0.29) is 5.75 Å². The van der Waals surface area contributed by atoms with Gasteiger partial charge in [-0.25, -0.2) is 17.6 Å². The summed E-state index contributed by atoms with van der Waals surface area (Å²) in [6.07, 6.45) is 0.786. The van der Waals surface area contributed by atoms with Gasteiger partial charge in [0.25, 0.3) is 0 Å². The fourth-order valence-corrected chi connectivity index (χ4v) is 2.41. The molecule has 0 unspecified atom stereocenters. The second-order valence-corrected chi connectivity index (χ2v) is 5.33. The molecule has 0 bridgehead atoms. The lowest BCUT2D eigenvalue weighted by Crippen LogP contribution is -2.10. The molecule has 6 nitrogen and oxygen atoms in total. The standard InChI is InChI=1S/C10H11FO6S/c1-16-7-5(10(12)13)4-6(11)9(8(7)17-2)18(3,14)15/h4H,1-3H3,(H,12,13). The fraction of sp³-hybridized carbons (Fsp3) is 0.300. The van der Waals surface area contributed by atoms with E-state index < -0.39 is 37.8 Å². The molecule has 1 aromatic rings. The number of hydrogen-bond donors (Lipinski definition) is 1. The van der Waals surface area contributed by atoms with E-state index in [1.807, 2.05) is 0 Å². The lowest BCUT2D eigenvalue weighted by Gasteiger charge is -2.14. The van der Waals surface area contributed by atoms with Crippen LogP contribution in [0.15, 0.2) is 11.0 Å². The number of carboxylic acids is 1. The normalized spacial score (nSPS) is 11.1. The largest absolute Gasteiger partial charge is 0.492 e. The van der Waals surface area contributed by atoms with Crippen molar-refractivity contribution in [3.63, 3.8) is 0 Å². The van der Waals surface area contributed by atoms with Gasteiger partial charge in [-0.1, -0.05) is 0 Å². The van der Waals surface area contributed by atoms with Crippen molar-refractivity contribution in [1.29, 1.82) is 0 Å². The van der Waals surface area contributed by atoms with Gasteiger partial charge in [-0.2, -0.15) is 0 Å². The molecule has 1 aromatic carbocycles. The van der Waals surface area contributed by atoms with Gasteiger partial charge in [0, 0.05) is 6.26 Å². The average Bonchev–Trinajstić information content (AvgIpc) is 2.25. The van der Waals surface area contributed by atoms with Crippen molar-refractivity contribution < 1.29 is 32.2 Å². The van der Waals surface area contributed by atoms with Crippen LogP contribution in [-0.4, -0.2) is 40.0 Å². The van der Waals surface area contributed by atoms with E-state index in [0.717, 1.165) is 20.5 Å². The molecule has 18 heavy (non-hydrogen) atoms. The number of hydrogen-bond acceptors (Lipinski definition) is 5. The number of ether oxygens (including phenoxy) is 2. The molecule has 0 atom stereocenters. The van der Waals surface area contributed by atoms with Gasteiger partial charge in [-0.3, -0.25) is 0 Å². The maximum absolute atomic E-state index is 13.7. The number of halogens is 1. The minimum absolute atomic E-state index is 0.341. The lowest BCUT2D eigenvalue weighted by molar-refractivity contribution is 0.0691. The summed E-state index contributed by atoms with van der Waals surface area (Å²) in [7, 11) is -1.70.